The zero-order valence-corrected chi connectivity index (χ0v) is 53.1. The molecule has 0 atom stereocenters. The lowest BCUT2D eigenvalue weighted by atomic mass is 10.2. The van der Waals surface area contributed by atoms with Crippen molar-refractivity contribution in [2.75, 3.05) is 113 Å². The molecule has 30 nitrogen and oxygen atoms in total. The van der Waals surface area contributed by atoms with Crippen LogP contribution in [0.3, 0.4) is 0 Å². The minimum absolute atomic E-state index is 0.00573. The minimum Gasteiger partial charge on any atom is -0.481 e. The molecular weight excluding hydrogens is 1290 g/mol. The van der Waals surface area contributed by atoms with Crippen LogP contribution in [0.1, 0.15) is 35.1 Å². The topological polar surface area (TPSA) is 431 Å². The molecule has 4 aromatic carbocycles. The average Bonchev–Trinajstić information content (AvgIpc) is 1.19. The Morgan fingerprint density at radius 2 is 0.692 bits per heavy atom. The molecule has 0 aliphatic heterocycles. The van der Waals surface area contributed by atoms with Crippen LogP contribution in [0, 0.1) is 27.7 Å². The van der Waals surface area contributed by atoms with Crippen molar-refractivity contribution in [2.45, 2.75) is 60.1 Å². The number of esters is 3. The molecule has 504 valence electrons. The highest BCUT2D eigenvalue weighted by Gasteiger charge is 2.21. The monoisotopic (exact) mass is 1360 g/mol. The summed E-state index contributed by atoms with van der Waals surface area (Å²) in [4.78, 5) is 68.2. The normalized spacial score (nSPS) is 11.9. The fourth-order valence-corrected chi connectivity index (χ4v) is 9.80. The highest BCUT2D eigenvalue weighted by Crippen LogP contribution is 2.17. The summed E-state index contributed by atoms with van der Waals surface area (Å²) in [5, 5.41) is 33.0. The van der Waals surface area contributed by atoms with Gasteiger partial charge in [0.2, 0.25) is 0 Å². The summed E-state index contributed by atoms with van der Waals surface area (Å²) in [5.41, 5.74) is 2.50. The molecule has 0 aliphatic rings. The molecule has 0 bridgehead atoms. The van der Waals surface area contributed by atoms with E-state index in [2.05, 4.69) is 0 Å². The van der Waals surface area contributed by atoms with Crippen molar-refractivity contribution in [3.05, 3.63) is 143 Å². The maximum atomic E-state index is 12.8. The molecular formula is C57H72O30S4. The van der Waals surface area contributed by atoms with Crippen LogP contribution in [0.4, 0.5) is 0 Å². The summed E-state index contributed by atoms with van der Waals surface area (Å²) in [6, 6.07) is 24.7. The molecule has 4 rings (SSSR count). The fourth-order valence-electron chi connectivity index (χ4n) is 6.23. The van der Waals surface area contributed by atoms with Gasteiger partial charge in [-0.3, -0.25) is 26.3 Å². The third-order valence-electron chi connectivity index (χ3n) is 10.8. The van der Waals surface area contributed by atoms with Crippen LogP contribution < -0.4 is 0 Å². The number of carbonyl (C=O) groups excluding carboxylic acids is 3. The van der Waals surface area contributed by atoms with Gasteiger partial charge in [0.15, 0.2) is 6.79 Å². The van der Waals surface area contributed by atoms with Gasteiger partial charge in [-0.15, -0.1) is 0 Å². The first kappa shape index (κ1) is 79.7. The number of carbonyl (C=O) groups is 6. The maximum absolute atomic E-state index is 12.8. The van der Waals surface area contributed by atoms with Gasteiger partial charge in [-0.2, -0.15) is 33.7 Å². The zero-order valence-electron chi connectivity index (χ0n) is 49.9. The lowest BCUT2D eigenvalue weighted by Gasteiger charge is -2.11. The lowest BCUT2D eigenvalue weighted by Crippen LogP contribution is -2.20. The standard InChI is InChI=1S/C40H50O19S3.C11H16O5S.C6H6O6/c1-31-4-10-35(11-5-31)60(44,45)57-25-20-50-16-17-53-30-56-40(43)34(28-38(41)54-23-18-51-21-26-58-61(46,47)36-12-6-32(2)7-13-36)29-39(42)55-24-19-52-22-27-59-62(48,49)37-14-8-33(3)9-15-37;1-10-2-4-11(5-3-10)17(13,14)16-9-8-15-7-6-12;7-4(8)1-3(6(11)12)2-5(9)10/h4-15,28H,16-27,29-30H2,1-3H3;2-5,12H,6-9H2,1H3;1H,2H2,(H,7,8)(H,9,10)(H,11,12)/b34-28-;;3-1-. The highest BCUT2D eigenvalue weighted by atomic mass is 32.2. The van der Waals surface area contributed by atoms with Gasteiger partial charge in [0.1, 0.15) is 13.2 Å². The number of rotatable bonds is 41. The Kier molecular flexibility index (Phi) is 37.3. The van der Waals surface area contributed by atoms with E-state index in [1.165, 1.54) is 48.5 Å². The molecule has 0 amide bonds. The number of benzene rings is 4. The van der Waals surface area contributed by atoms with Gasteiger partial charge in [-0.1, -0.05) is 70.8 Å². The predicted octanol–water partition coefficient (Wildman–Crippen LogP) is 3.36. The van der Waals surface area contributed by atoms with Crippen LogP contribution in [0.25, 0.3) is 0 Å². The third kappa shape index (κ3) is 35.1. The van der Waals surface area contributed by atoms with Gasteiger partial charge >= 0.3 is 35.8 Å². The number of hydrogen-bond acceptors (Lipinski definition) is 27. The first-order valence-corrected chi connectivity index (χ1v) is 32.5. The SMILES string of the molecule is Cc1ccc(S(=O)(=O)OCCOCCO)cc1.Cc1ccc(S(=O)(=O)OCCOCCOCOC(=O)/C(=C\C(=O)OCCOCCOS(=O)(=O)c2ccc(C)cc2)CC(=O)OCCOCCOS(=O)(=O)c2ccc(C)cc2)cc1.O=C(O)/C=C(/CC(=O)O)C(=O)O. The van der Waals surface area contributed by atoms with Crippen LogP contribution >= 0.6 is 0 Å². The summed E-state index contributed by atoms with van der Waals surface area (Å²) in [6.45, 7) is 4.54. The molecule has 0 saturated carbocycles. The van der Waals surface area contributed by atoms with Gasteiger partial charge in [0, 0.05) is 12.2 Å². The second-order valence-corrected chi connectivity index (χ2v) is 24.6. The van der Waals surface area contributed by atoms with E-state index in [1.807, 2.05) is 27.7 Å². The average molecular weight is 1370 g/mol. The lowest BCUT2D eigenvalue weighted by molar-refractivity contribution is -0.155. The molecule has 0 radical (unpaired) electrons. The van der Waals surface area contributed by atoms with Gasteiger partial charge in [-0.25, -0.2) is 19.2 Å². The van der Waals surface area contributed by atoms with E-state index in [0.29, 0.717) is 6.08 Å². The maximum Gasteiger partial charge on any atom is 0.336 e. The summed E-state index contributed by atoms with van der Waals surface area (Å²) >= 11 is 0. The number of ether oxygens (including phenoxy) is 8. The molecule has 0 aliphatic carbocycles. The molecule has 91 heavy (non-hydrogen) atoms. The van der Waals surface area contributed by atoms with Crippen molar-refractivity contribution in [3.8, 4) is 0 Å². The Bertz CT molecular complexity index is 3440. The van der Waals surface area contributed by atoms with E-state index in [0.717, 1.165) is 28.3 Å². The van der Waals surface area contributed by atoms with Crippen molar-refractivity contribution in [2.24, 2.45) is 0 Å². The number of aliphatic hydroxyl groups is 1. The molecule has 4 N–H and O–H groups in total. The van der Waals surface area contributed by atoms with Crippen LogP contribution in [0.2, 0.25) is 0 Å². The second kappa shape index (κ2) is 42.6. The van der Waals surface area contributed by atoms with Gasteiger partial charge in [0.05, 0.1) is 136 Å². The molecule has 34 heteroatoms. The highest BCUT2D eigenvalue weighted by molar-refractivity contribution is 7.87. The molecule has 0 saturated heterocycles. The Morgan fingerprint density at radius 1 is 0.374 bits per heavy atom. The van der Waals surface area contributed by atoms with Crippen molar-refractivity contribution in [1.29, 1.82) is 0 Å². The molecule has 0 unspecified atom stereocenters. The Balaban J connectivity index is 0.000000790. The van der Waals surface area contributed by atoms with E-state index < -0.39 is 107 Å². The van der Waals surface area contributed by atoms with Crippen molar-refractivity contribution in [1.82, 2.24) is 0 Å². The van der Waals surface area contributed by atoms with E-state index in [-0.39, 0.29) is 125 Å². The smallest absolute Gasteiger partial charge is 0.336 e. The van der Waals surface area contributed by atoms with Crippen molar-refractivity contribution < 1.29 is 137 Å². The number of aliphatic carboxylic acids is 3. The van der Waals surface area contributed by atoms with E-state index in [9.17, 15) is 62.4 Å². The Labute approximate surface area is 526 Å². The summed E-state index contributed by atoms with van der Waals surface area (Å²) < 4.78 is 158. The molecule has 0 spiro atoms. The van der Waals surface area contributed by atoms with Crippen LogP contribution in [-0.2, 0) is 124 Å². The van der Waals surface area contributed by atoms with Gasteiger partial charge in [-0.05, 0) is 76.2 Å². The first-order chi connectivity index (χ1) is 43.0. The number of carboxylic acid groups (broad SMARTS) is 3. The number of carboxylic acids is 3. The van der Waals surface area contributed by atoms with E-state index in [1.54, 1.807) is 48.5 Å². The van der Waals surface area contributed by atoms with Crippen LogP contribution in [-0.4, -0.2) is 202 Å². The van der Waals surface area contributed by atoms with Crippen LogP contribution in [0.15, 0.2) is 140 Å². The number of aliphatic hydroxyl groups excluding tert-OH is 1. The summed E-state index contributed by atoms with van der Waals surface area (Å²) in [7, 11) is -15.7. The molecule has 0 aromatic heterocycles. The number of hydrogen-bond donors (Lipinski definition) is 4. The largest absolute Gasteiger partial charge is 0.481 e. The first-order valence-electron chi connectivity index (χ1n) is 26.9. The Hall–Kier alpha value is -7.42. The minimum atomic E-state index is -3.99. The van der Waals surface area contributed by atoms with Crippen molar-refractivity contribution in [3.63, 3.8) is 0 Å². The predicted molar refractivity (Wildman–Crippen MR) is 315 cm³/mol. The van der Waals surface area contributed by atoms with Crippen LogP contribution in [0.5, 0.6) is 0 Å². The Morgan fingerprint density at radius 3 is 1.02 bits per heavy atom. The van der Waals surface area contributed by atoms with Crippen molar-refractivity contribution >= 4 is 76.3 Å². The summed E-state index contributed by atoms with van der Waals surface area (Å²) in [5.74, 6) is -7.52. The van der Waals surface area contributed by atoms with E-state index in [4.69, 9.17) is 75.1 Å². The summed E-state index contributed by atoms with van der Waals surface area (Å²) in [6.07, 6.45) is -0.460. The number of aryl methyl sites for hydroxylation is 4. The molecule has 0 fully saturated rings. The zero-order chi connectivity index (χ0) is 67.9. The fraction of sp³-hybridized carbons (Fsp3) is 0.404. The molecule has 0 heterocycles. The third-order valence-corrected chi connectivity index (χ3v) is 16.1. The second-order valence-electron chi connectivity index (χ2n) is 18.1. The van der Waals surface area contributed by atoms with Gasteiger partial charge < -0.3 is 58.3 Å². The van der Waals surface area contributed by atoms with E-state index >= 15 is 0 Å². The quantitative estimate of drug-likeness (QED) is 0.0124. The molecule has 4 aromatic rings. The van der Waals surface area contributed by atoms with Gasteiger partial charge in [0.25, 0.3) is 40.5 Å².